The van der Waals surface area contributed by atoms with Gasteiger partial charge < -0.3 is 9.30 Å². The summed E-state index contributed by atoms with van der Waals surface area (Å²) in [6, 6.07) is 0.595. The maximum atomic E-state index is 5.34. The van der Waals surface area contributed by atoms with Gasteiger partial charge in [-0.05, 0) is 19.4 Å². The third kappa shape index (κ3) is 2.59. The molecule has 0 N–H and O–H groups in total. The van der Waals surface area contributed by atoms with Crippen LogP contribution in [0, 0.1) is 0 Å². The maximum absolute atomic E-state index is 5.34. The first kappa shape index (κ1) is 12.2. The molecular formula is C14H23N3O. The molecule has 2 aliphatic rings. The Hall–Kier alpha value is -0.870. The van der Waals surface area contributed by atoms with E-state index in [4.69, 9.17) is 4.74 Å². The third-order valence-corrected chi connectivity index (χ3v) is 3.95. The number of hydrogen-bond acceptors (Lipinski definition) is 3. The maximum Gasteiger partial charge on any atom is 0.111 e. The van der Waals surface area contributed by atoms with Crippen LogP contribution in [0.3, 0.4) is 0 Å². The van der Waals surface area contributed by atoms with Crippen LogP contribution in [0.4, 0.5) is 0 Å². The van der Waals surface area contributed by atoms with Gasteiger partial charge in [-0.25, -0.2) is 4.98 Å². The summed E-state index contributed by atoms with van der Waals surface area (Å²) in [5, 5.41) is 0. The summed E-state index contributed by atoms with van der Waals surface area (Å²) in [5.74, 6) is 1.73. The molecule has 0 amide bonds. The summed E-state index contributed by atoms with van der Waals surface area (Å²) in [7, 11) is 0. The number of imidazole rings is 1. The fourth-order valence-electron chi connectivity index (χ4n) is 2.97. The Bertz CT molecular complexity index is 397. The molecule has 0 aliphatic carbocycles. The van der Waals surface area contributed by atoms with Crippen molar-refractivity contribution in [2.24, 2.45) is 0 Å². The quantitative estimate of drug-likeness (QED) is 0.766. The molecule has 0 unspecified atom stereocenters. The molecule has 2 saturated heterocycles. The van der Waals surface area contributed by atoms with Crippen molar-refractivity contribution in [3.8, 4) is 0 Å². The van der Waals surface area contributed by atoms with E-state index in [2.05, 4.69) is 34.5 Å². The van der Waals surface area contributed by atoms with Crippen LogP contribution in [0.5, 0.6) is 0 Å². The van der Waals surface area contributed by atoms with Crippen molar-refractivity contribution in [1.82, 2.24) is 14.5 Å². The van der Waals surface area contributed by atoms with E-state index in [1.807, 2.05) is 6.20 Å². The lowest BCUT2D eigenvalue weighted by molar-refractivity contribution is 0.162. The van der Waals surface area contributed by atoms with Crippen molar-refractivity contribution in [3.63, 3.8) is 0 Å². The van der Waals surface area contributed by atoms with Crippen LogP contribution in [-0.4, -0.2) is 46.8 Å². The molecule has 0 saturated carbocycles. The van der Waals surface area contributed by atoms with E-state index in [9.17, 15) is 0 Å². The normalized spacial score (nSPS) is 28.8. The van der Waals surface area contributed by atoms with Gasteiger partial charge in [-0.1, -0.05) is 13.8 Å². The minimum Gasteiger partial charge on any atom is -0.372 e. The van der Waals surface area contributed by atoms with Crippen molar-refractivity contribution in [1.29, 1.82) is 0 Å². The Morgan fingerprint density at radius 1 is 1.50 bits per heavy atom. The van der Waals surface area contributed by atoms with E-state index in [1.54, 1.807) is 0 Å². The first-order chi connectivity index (χ1) is 8.74. The van der Waals surface area contributed by atoms with Gasteiger partial charge in [0, 0.05) is 37.4 Å². The Morgan fingerprint density at radius 3 is 3.06 bits per heavy atom. The van der Waals surface area contributed by atoms with Crippen LogP contribution in [0.25, 0.3) is 0 Å². The highest BCUT2D eigenvalue weighted by Crippen LogP contribution is 2.26. The Morgan fingerprint density at radius 2 is 2.33 bits per heavy atom. The summed E-state index contributed by atoms with van der Waals surface area (Å²) in [6.07, 6.45) is 7.16. The molecule has 1 aromatic rings. The highest BCUT2D eigenvalue weighted by Gasteiger charge is 2.29. The lowest BCUT2D eigenvalue weighted by Crippen LogP contribution is -2.39. The average molecular weight is 249 g/mol. The van der Waals surface area contributed by atoms with Gasteiger partial charge >= 0.3 is 0 Å². The SMILES string of the molecule is CC(C)c1nccn1[C@H]1CCCN(C[C@H]2CO2)C1. The highest BCUT2D eigenvalue weighted by molar-refractivity contribution is 5.01. The molecular weight excluding hydrogens is 226 g/mol. The highest BCUT2D eigenvalue weighted by atomic mass is 16.6. The predicted molar refractivity (Wildman–Crippen MR) is 70.8 cm³/mol. The Kier molecular flexibility index (Phi) is 3.39. The van der Waals surface area contributed by atoms with Gasteiger partial charge in [-0.15, -0.1) is 0 Å². The van der Waals surface area contributed by atoms with Gasteiger partial charge in [0.1, 0.15) is 5.82 Å². The lowest BCUT2D eigenvalue weighted by Gasteiger charge is -2.34. The molecule has 100 valence electrons. The zero-order valence-electron chi connectivity index (χ0n) is 11.4. The molecule has 4 nitrogen and oxygen atoms in total. The summed E-state index contributed by atoms with van der Waals surface area (Å²) in [4.78, 5) is 7.06. The number of likely N-dealkylation sites (tertiary alicyclic amines) is 1. The summed E-state index contributed by atoms with van der Waals surface area (Å²) < 4.78 is 7.73. The topological polar surface area (TPSA) is 33.6 Å². The van der Waals surface area contributed by atoms with Gasteiger partial charge in [-0.3, -0.25) is 4.90 Å². The summed E-state index contributed by atoms with van der Waals surface area (Å²) in [6.45, 7) is 8.89. The first-order valence-corrected chi connectivity index (χ1v) is 7.10. The van der Waals surface area contributed by atoms with Gasteiger partial charge in [0.05, 0.1) is 12.7 Å². The number of aromatic nitrogens is 2. The Labute approximate surface area is 109 Å². The third-order valence-electron chi connectivity index (χ3n) is 3.95. The van der Waals surface area contributed by atoms with Crippen LogP contribution in [0.1, 0.15) is 44.5 Å². The molecule has 4 heteroatoms. The van der Waals surface area contributed by atoms with E-state index in [0.717, 1.165) is 19.7 Å². The smallest absolute Gasteiger partial charge is 0.111 e. The minimum atomic E-state index is 0.502. The van der Waals surface area contributed by atoms with Gasteiger partial charge in [-0.2, -0.15) is 0 Å². The van der Waals surface area contributed by atoms with Gasteiger partial charge in [0.15, 0.2) is 0 Å². The van der Waals surface area contributed by atoms with Crippen molar-refractivity contribution < 1.29 is 4.74 Å². The minimum absolute atomic E-state index is 0.502. The lowest BCUT2D eigenvalue weighted by atomic mass is 10.0. The van der Waals surface area contributed by atoms with Crippen LogP contribution in [-0.2, 0) is 4.74 Å². The number of hydrogen-bond donors (Lipinski definition) is 0. The van der Waals surface area contributed by atoms with Crippen LogP contribution in [0.2, 0.25) is 0 Å². The van der Waals surface area contributed by atoms with Crippen molar-refractivity contribution in [2.45, 2.75) is 44.8 Å². The zero-order valence-corrected chi connectivity index (χ0v) is 11.4. The summed E-state index contributed by atoms with van der Waals surface area (Å²) >= 11 is 0. The van der Waals surface area contributed by atoms with Crippen molar-refractivity contribution >= 4 is 0 Å². The van der Waals surface area contributed by atoms with Crippen molar-refractivity contribution in [3.05, 3.63) is 18.2 Å². The standard InChI is InChI=1S/C14H23N3O/c1-11(2)14-15-5-7-17(14)12-4-3-6-16(8-12)9-13-10-18-13/h5,7,11-13H,3-4,6,8-10H2,1-2H3/t12-,13-/m0/s1. The molecule has 2 atom stereocenters. The molecule has 2 aliphatic heterocycles. The average Bonchev–Trinajstić information content (AvgIpc) is 3.03. The molecule has 0 spiro atoms. The largest absolute Gasteiger partial charge is 0.372 e. The second kappa shape index (κ2) is 5.02. The first-order valence-electron chi connectivity index (χ1n) is 7.10. The fourth-order valence-corrected chi connectivity index (χ4v) is 2.97. The zero-order chi connectivity index (χ0) is 12.5. The predicted octanol–water partition coefficient (Wildman–Crippen LogP) is 2.04. The van der Waals surface area contributed by atoms with Crippen LogP contribution in [0.15, 0.2) is 12.4 Å². The molecule has 0 radical (unpaired) electrons. The van der Waals surface area contributed by atoms with Crippen LogP contribution >= 0.6 is 0 Å². The van der Waals surface area contributed by atoms with Gasteiger partial charge in [0.2, 0.25) is 0 Å². The van der Waals surface area contributed by atoms with E-state index in [1.165, 1.54) is 25.2 Å². The van der Waals surface area contributed by atoms with Crippen molar-refractivity contribution in [2.75, 3.05) is 26.2 Å². The fraction of sp³-hybridized carbons (Fsp3) is 0.786. The molecule has 0 aromatic carbocycles. The number of ether oxygens (including phenoxy) is 1. The molecule has 3 heterocycles. The number of nitrogens with zero attached hydrogens (tertiary/aromatic N) is 3. The second-order valence-electron chi connectivity index (χ2n) is 5.86. The number of epoxide rings is 1. The van der Waals surface area contributed by atoms with Gasteiger partial charge in [0.25, 0.3) is 0 Å². The molecule has 0 bridgehead atoms. The number of rotatable bonds is 4. The van der Waals surface area contributed by atoms with E-state index >= 15 is 0 Å². The van der Waals surface area contributed by atoms with Crippen LogP contribution < -0.4 is 0 Å². The van der Waals surface area contributed by atoms with E-state index in [-0.39, 0.29) is 0 Å². The second-order valence-corrected chi connectivity index (χ2v) is 5.86. The molecule has 2 fully saturated rings. The van der Waals surface area contributed by atoms with E-state index < -0.39 is 0 Å². The molecule has 3 rings (SSSR count). The molecule has 1 aromatic heterocycles. The summed E-state index contributed by atoms with van der Waals surface area (Å²) in [5.41, 5.74) is 0. The number of piperidine rings is 1. The Balaban J connectivity index is 1.68. The van der Waals surface area contributed by atoms with E-state index in [0.29, 0.717) is 18.1 Å². The monoisotopic (exact) mass is 249 g/mol. The molecule has 18 heavy (non-hydrogen) atoms.